The van der Waals surface area contributed by atoms with E-state index in [0.29, 0.717) is 29.0 Å². The van der Waals surface area contributed by atoms with Crippen LogP contribution in [0, 0.1) is 6.92 Å². The first-order valence-corrected chi connectivity index (χ1v) is 14.2. The molecule has 1 saturated carbocycles. The highest BCUT2D eigenvalue weighted by Crippen LogP contribution is 2.34. The molecule has 0 radical (unpaired) electrons. The van der Waals surface area contributed by atoms with Gasteiger partial charge in [-0.2, -0.15) is 0 Å². The Morgan fingerprint density at radius 1 is 1.24 bits per heavy atom. The molecule has 12 nitrogen and oxygen atoms in total. The number of aromatic amines is 1. The lowest BCUT2D eigenvalue weighted by molar-refractivity contribution is -0.124. The predicted molar refractivity (Wildman–Crippen MR) is 158 cm³/mol. The number of aliphatic imine (C=N–C) groups is 1. The molecule has 1 fully saturated rings. The summed E-state index contributed by atoms with van der Waals surface area (Å²) in [5.74, 6) is -0.0807. The molecular formula is C30H37N7O5. The number of aliphatic hydroxyl groups is 1. The van der Waals surface area contributed by atoms with Crippen molar-refractivity contribution in [3.05, 3.63) is 41.2 Å². The van der Waals surface area contributed by atoms with E-state index >= 15 is 0 Å². The zero-order chi connectivity index (χ0) is 30.2. The van der Waals surface area contributed by atoms with Gasteiger partial charge in [-0.15, -0.1) is 0 Å². The number of benzene rings is 1. The van der Waals surface area contributed by atoms with E-state index in [2.05, 4.69) is 20.9 Å². The summed E-state index contributed by atoms with van der Waals surface area (Å²) in [5, 5.41) is 18.0. The molecule has 2 aliphatic rings. The van der Waals surface area contributed by atoms with Crippen LogP contribution in [0.15, 0.2) is 29.3 Å². The van der Waals surface area contributed by atoms with E-state index in [9.17, 15) is 19.5 Å². The van der Waals surface area contributed by atoms with E-state index in [1.807, 2.05) is 38.1 Å². The average Bonchev–Trinajstić information content (AvgIpc) is 3.47. The van der Waals surface area contributed by atoms with Crippen LogP contribution in [0.3, 0.4) is 0 Å². The Hall–Kier alpha value is -4.32. The van der Waals surface area contributed by atoms with E-state index in [1.54, 1.807) is 20.8 Å². The average molecular weight is 576 g/mol. The summed E-state index contributed by atoms with van der Waals surface area (Å²) in [7, 11) is 0. The number of H-pyrrole nitrogens is 1. The molecule has 3 aromatic rings. The lowest BCUT2D eigenvalue weighted by Gasteiger charge is -2.27. The first-order chi connectivity index (χ1) is 19.9. The summed E-state index contributed by atoms with van der Waals surface area (Å²) in [6.07, 6.45) is 2.04. The number of fused-ring (bicyclic) bond motifs is 2. The number of aliphatic hydroxyl groups excluding tert-OH is 1. The minimum atomic E-state index is -1.13. The van der Waals surface area contributed by atoms with Gasteiger partial charge in [-0.1, -0.05) is 12.1 Å². The number of carbonyl (C=O) groups is 3. The molecule has 1 aliphatic heterocycles. The van der Waals surface area contributed by atoms with Crippen LogP contribution in [0.1, 0.15) is 81.2 Å². The molecule has 0 saturated heterocycles. The van der Waals surface area contributed by atoms with Crippen molar-refractivity contribution < 1.29 is 24.2 Å². The Kier molecular flexibility index (Phi) is 8.00. The number of amides is 3. The third kappa shape index (κ3) is 6.28. The summed E-state index contributed by atoms with van der Waals surface area (Å²) in [4.78, 5) is 55.2. The maximum absolute atomic E-state index is 12.8. The van der Waals surface area contributed by atoms with Gasteiger partial charge in [-0.25, -0.2) is 19.8 Å². The van der Waals surface area contributed by atoms with Gasteiger partial charge in [0, 0.05) is 29.4 Å². The normalized spacial score (nSPS) is 20.2. The maximum atomic E-state index is 12.8. The van der Waals surface area contributed by atoms with Crippen LogP contribution in [0.4, 0.5) is 10.6 Å². The monoisotopic (exact) mass is 575 g/mol. The van der Waals surface area contributed by atoms with E-state index in [4.69, 9.17) is 19.7 Å². The van der Waals surface area contributed by atoms with Crippen molar-refractivity contribution in [2.45, 2.75) is 84.0 Å². The van der Waals surface area contributed by atoms with Crippen molar-refractivity contribution in [1.29, 1.82) is 0 Å². The number of para-hydroxylation sites is 1. The largest absolute Gasteiger partial charge is 0.444 e. The van der Waals surface area contributed by atoms with E-state index in [1.165, 1.54) is 0 Å². The van der Waals surface area contributed by atoms with Crippen molar-refractivity contribution in [3.8, 4) is 11.3 Å². The second-order valence-corrected chi connectivity index (χ2v) is 11.9. The highest BCUT2D eigenvalue weighted by molar-refractivity contribution is 6.01. The quantitative estimate of drug-likeness (QED) is 0.298. The summed E-state index contributed by atoms with van der Waals surface area (Å²) in [6.45, 7) is 8.41. The third-order valence-corrected chi connectivity index (χ3v) is 7.31. The minimum absolute atomic E-state index is 0.0907. The first-order valence-electron chi connectivity index (χ1n) is 14.2. The highest BCUT2D eigenvalue weighted by atomic mass is 16.6. The number of hydrogen-bond donors (Lipinski definition) is 5. The summed E-state index contributed by atoms with van der Waals surface area (Å²) in [5.41, 5.74) is 5.35. The summed E-state index contributed by atoms with van der Waals surface area (Å²) >= 11 is 0. The number of aromatic nitrogens is 3. The lowest BCUT2D eigenvalue weighted by atomic mass is 9.93. The molecule has 3 amide bonds. The molecule has 12 heteroatoms. The second kappa shape index (κ2) is 11.5. The van der Waals surface area contributed by atoms with Crippen molar-refractivity contribution in [1.82, 2.24) is 30.9 Å². The molecule has 222 valence electrons. The molecule has 1 aliphatic carbocycles. The van der Waals surface area contributed by atoms with Gasteiger partial charge in [0.15, 0.2) is 5.82 Å². The first kappa shape index (κ1) is 29.2. The van der Waals surface area contributed by atoms with Crippen LogP contribution in [0.25, 0.3) is 22.3 Å². The molecule has 42 heavy (non-hydrogen) atoms. The number of alkyl carbamates (subject to hydrolysis) is 1. The van der Waals surface area contributed by atoms with Crippen molar-refractivity contribution >= 4 is 40.5 Å². The van der Waals surface area contributed by atoms with E-state index in [0.717, 1.165) is 47.4 Å². The molecule has 0 bridgehead atoms. The smallest absolute Gasteiger partial charge is 0.408 e. The van der Waals surface area contributed by atoms with E-state index in [-0.39, 0.29) is 18.0 Å². The SMILES string of the molecule is Cc1nc2cccc(-c3cc4c([nH]3)[C@@H](C)NC4=O)c2nc1N=C1CCC[C@@H](NC(=O)[C@@H](CO)NC(=O)OC(C)(C)C)C1. The Morgan fingerprint density at radius 3 is 2.74 bits per heavy atom. The van der Waals surface area contributed by atoms with Gasteiger partial charge in [0.05, 0.1) is 35.1 Å². The van der Waals surface area contributed by atoms with Gasteiger partial charge in [0.25, 0.3) is 5.91 Å². The zero-order valence-electron chi connectivity index (χ0n) is 24.5. The summed E-state index contributed by atoms with van der Waals surface area (Å²) in [6, 6.07) is 6.18. The van der Waals surface area contributed by atoms with Gasteiger partial charge >= 0.3 is 6.09 Å². The van der Waals surface area contributed by atoms with Crippen LogP contribution in [-0.2, 0) is 9.53 Å². The molecule has 3 heterocycles. The zero-order valence-corrected chi connectivity index (χ0v) is 24.5. The van der Waals surface area contributed by atoms with Crippen molar-refractivity contribution in [3.63, 3.8) is 0 Å². The molecule has 0 spiro atoms. The fraction of sp³-hybridized carbons (Fsp3) is 0.467. The molecule has 1 aromatic carbocycles. The predicted octanol–water partition coefficient (Wildman–Crippen LogP) is 3.75. The topological polar surface area (TPSA) is 171 Å². The Labute approximate surface area is 243 Å². The Balaban J connectivity index is 1.34. The molecular weight excluding hydrogens is 538 g/mol. The standard InChI is InChI=1S/C30H37N7O5/c1-15-24-20(27(39)32-15)13-22(35-24)19-10-7-11-21-25(19)37-26(16(2)31-21)33-17-8-6-9-18(12-17)34-28(40)23(14-38)36-29(41)42-30(3,4)5/h7,10-11,13,15,18,23,35,38H,6,8-9,12,14H2,1-5H3,(H,32,39)(H,34,40)(H,36,41)/t15-,18-,23-/m1/s1. The highest BCUT2D eigenvalue weighted by Gasteiger charge is 2.29. The molecule has 0 unspecified atom stereocenters. The van der Waals surface area contributed by atoms with E-state index < -0.39 is 30.3 Å². The fourth-order valence-corrected chi connectivity index (χ4v) is 5.33. The number of hydrogen-bond acceptors (Lipinski definition) is 8. The molecule has 2 aromatic heterocycles. The Bertz CT molecular complexity index is 1570. The fourth-order valence-electron chi connectivity index (χ4n) is 5.33. The number of carbonyl (C=O) groups excluding carboxylic acids is 3. The lowest BCUT2D eigenvalue weighted by Crippen LogP contribution is -2.53. The van der Waals surface area contributed by atoms with Gasteiger partial charge in [0.2, 0.25) is 5.91 Å². The van der Waals surface area contributed by atoms with Gasteiger partial charge in [-0.05, 0) is 66.0 Å². The minimum Gasteiger partial charge on any atom is -0.444 e. The van der Waals surface area contributed by atoms with Crippen LogP contribution >= 0.6 is 0 Å². The number of nitrogens with zero attached hydrogens (tertiary/aromatic N) is 3. The van der Waals surface area contributed by atoms with Crippen molar-refractivity contribution in [2.24, 2.45) is 4.99 Å². The van der Waals surface area contributed by atoms with Gasteiger partial charge in [-0.3, -0.25) is 9.59 Å². The van der Waals surface area contributed by atoms with Gasteiger partial charge < -0.3 is 30.8 Å². The molecule has 3 atom stereocenters. The van der Waals surface area contributed by atoms with Gasteiger partial charge in [0.1, 0.15) is 17.2 Å². The molecule has 5 rings (SSSR count). The number of nitrogens with one attached hydrogen (secondary N) is 4. The number of rotatable bonds is 6. The van der Waals surface area contributed by atoms with Crippen LogP contribution in [0.2, 0.25) is 0 Å². The van der Waals surface area contributed by atoms with Crippen LogP contribution < -0.4 is 16.0 Å². The van der Waals surface area contributed by atoms with Crippen LogP contribution in [-0.4, -0.2) is 68.0 Å². The number of ether oxygens (including phenoxy) is 1. The number of aryl methyl sites for hydroxylation is 1. The summed E-state index contributed by atoms with van der Waals surface area (Å²) < 4.78 is 5.20. The second-order valence-electron chi connectivity index (χ2n) is 11.9. The Morgan fingerprint density at radius 2 is 2.02 bits per heavy atom. The maximum Gasteiger partial charge on any atom is 0.408 e. The molecule has 5 N–H and O–H groups in total. The van der Waals surface area contributed by atoms with Crippen molar-refractivity contribution in [2.75, 3.05) is 6.61 Å². The van der Waals surface area contributed by atoms with Crippen LogP contribution in [0.5, 0.6) is 0 Å². The third-order valence-electron chi connectivity index (χ3n) is 7.31.